The van der Waals surface area contributed by atoms with Crippen molar-refractivity contribution in [3.8, 4) is 0 Å². The second-order valence-corrected chi connectivity index (χ2v) is 3.66. The molecule has 0 bridgehead atoms. The van der Waals surface area contributed by atoms with Crippen molar-refractivity contribution >= 4 is 23.0 Å². The zero-order valence-corrected chi connectivity index (χ0v) is 8.98. The molecule has 2 nitrogen and oxygen atoms in total. The summed E-state index contributed by atoms with van der Waals surface area (Å²) in [6, 6.07) is 6.25. The van der Waals surface area contributed by atoms with Crippen LogP contribution in [0.3, 0.4) is 0 Å². The van der Waals surface area contributed by atoms with Gasteiger partial charge in [-0.15, -0.1) is 0 Å². The summed E-state index contributed by atoms with van der Waals surface area (Å²) in [5, 5.41) is 0.394. The average Bonchev–Trinajstić information content (AvgIpc) is 2.01. The summed E-state index contributed by atoms with van der Waals surface area (Å²) < 4.78 is 0. The Hall–Kier alpha value is -1.09. The molecule has 1 aromatic rings. The summed E-state index contributed by atoms with van der Waals surface area (Å²) in [4.78, 5) is 1.80. The lowest BCUT2D eigenvalue weighted by Gasteiger charge is -2.17. The quantitative estimate of drug-likeness (QED) is 0.693. The van der Waals surface area contributed by atoms with Gasteiger partial charge in [-0.1, -0.05) is 6.07 Å². The molecule has 0 heterocycles. The maximum absolute atomic E-state index is 5.53. The van der Waals surface area contributed by atoms with Crippen molar-refractivity contribution in [1.29, 1.82) is 0 Å². The fourth-order valence-corrected chi connectivity index (χ4v) is 1.38. The molecule has 2 N–H and O–H groups in total. The first kappa shape index (κ1) is 9.99. The molecule has 0 saturated heterocycles. The van der Waals surface area contributed by atoms with Gasteiger partial charge in [-0.3, -0.25) is 0 Å². The predicted octanol–water partition coefficient (Wildman–Crippen LogP) is 1.98. The van der Waals surface area contributed by atoms with E-state index in [4.69, 9.17) is 18.0 Å². The van der Waals surface area contributed by atoms with Crippen molar-refractivity contribution in [2.75, 3.05) is 11.9 Å². The van der Waals surface area contributed by atoms with Crippen LogP contribution in [0.1, 0.15) is 11.1 Å². The molecule has 1 aromatic carbocycles. The first-order valence-corrected chi connectivity index (χ1v) is 4.53. The van der Waals surface area contributed by atoms with E-state index >= 15 is 0 Å². The smallest absolute Gasteiger partial charge is 0.170 e. The molecule has 0 fully saturated rings. The zero-order valence-electron chi connectivity index (χ0n) is 8.16. The van der Waals surface area contributed by atoms with Crippen LogP contribution in [-0.2, 0) is 0 Å². The highest BCUT2D eigenvalue weighted by atomic mass is 32.1. The Morgan fingerprint density at radius 2 is 1.69 bits per heavy atom. The largest absolute Gasteiger partial charge is 0.376 e. The van der Waals surface area contributed by atoms with E-state index in [1.54, 1.807) is 4.90 Å². The lowest BCUT2D eigenvalue weighted by atomic mass is 10.1. The minimum atomic E-state index is 0.394. The minimum Gasteiger partial charge on any atom is -0.376 e. The van der Waals surface area contributed by atoms with Crippen molar-refractivity contribution in [3.63, 3.8) is 0 Å². The molecule has 0 amide bonds. The Morgan fingerprint density at radius 1 is 1.23 bits per heavy atom. The molecule has 13 heavy (non-hydrogen) atoms. The van der Waals surface area contributed by atoms with Crippen LogP contribution >= 0.6 is 12.2 Å². The second-order valence-electron chi connectivity index (χ2n) is 3.24. The molecule has 70 valence electrons. The lowest BCUT2D eigenvalue weighted by Crippen LogP contribution is -2.31. The minimum absolute atomic E-state index is 0.394. The van der Waals surface area contributed by atoms with Gasteiger partial charge in [0.25, 0.3) is 0 Å². The third kappa shape index (κ3) is 2.42. The summed E-state index contributed by atoms with van der Waals surface area (Å²) in [5.41, 5.74) is 9.01. The maximum atomic E-state index is 5.53. The molecule has 1 rings (SSSR count). The van der Waals surface area contributed by atoms with Crippen LogP contribution < -0.4 is 10.6 Å². The van der Waals surface area contributed by atoms with E-state index in [0.29, 0.717) is 5.11 Å². The Balaban J connectivity index is 3.07. The number of nitrogens with two attached hydrogens (primary N) is 1. The van der Waals surface area contributed by atoms with E-state index in [-0.39, 0.29) is 0 Å². The summed E-state index contributed by atoms with van der Waals surface area (Å²) in [6.07, 6.45) is 0. The van der Waals surface area contributed by atoms with Gasteiger partial charge in [-0.25, -0.2) is 0 Å². The van der Waals surface area contributed by atoms with E-state index in [2.05, 4.69) is 32.0 Å². The number of benzene rings is 1. The monoisotopic (exact) mass is 194 g/mol. The van der Waals surface area contributed by atoms with Crippen LogP contribution in [0, 0.1) is 13.8 Å². The molecule has 0 spiro atoms. The van der Waals surface area contributed by atoms with Crippen LogP contribution in [0.2, 0.25) is 0 Å². The van der Waals surface area contributed by atoms with Gasteiger partial charge in [0.15, 0.2) is 5.11 Å². The highest BCUT2D eigenvalue weighted by molar-refractivity contribution is 7.80. The molecule has 0 aliphatic rings. The van der Waals surface area contributed by atoms with Crippen LogP contribution in [0.5, 0.6) is 0 Å². The van der Waals surface area contributed by atoms with E-state index in [0.717, 1.165) is 5.69 Å². The topological polar surface area (TPSA) is 29.3 Å². The number of rotatable bonds is 1. The summed E-state index contributed by atoms with van der Waals surface area (Å²) in [5.74, 6) is 0. The number of hydrogen-bond acceptors (Lipinski definition) is 1. The molecule has 0 aliphatic heterocycles. The lowest BCUT2D eigenvalue weighted by molar-refractivity contribution is 1.24. The van der Waals surface area contributed by atoms with Crippen molar-refractivity contribution in [2.45, 2.75) is 13.8 Å². The predicted molar refractivity (Wildman–Crippen MR) is 61.1 cm³/mol. The average molecular weight is 194 g/mol. The van der Waals surface area contributed by atoms with Crippen LogP contribution in [0.15, 0.2) is 18.2 Å². The molecule has 0 radical (unpaired) electrons. The normalized spacial score (nSPS) is 9.77. The van der Waals surface area contributed by atoms with E-state index < -0.39 is 0 Å². The summed E-state index contributed by atoms with van der Waals surface area (Å²) in [6.45, 7) is 4.12. The van der Waals surface area contributed by atoms with Gasteiger partial charge in [0.1, 0.15) is 0 Å². The van der Waals surface area contributed by atoms with Gasteiger partial charge in [-0.2, -0.15) is 0 Å². The number of thiocarbonyl (C=S) groups is 1. The molecule has 0 aliphatic carbocycles. The Labute approximate surface area is 84.3 Å². The SMILES string of the molecule is Cc1cc(C)cc(N(C)C(N)=S)c1. The van der Waals surface area contributed by atoms with Gasteiger partial charge >= 0.3 is 0 Å². The van der Waals surface area contributed by atoms with Crippen molar-refractivity contribution < 1.29 is 0 Å². The number of hydrogen-bond donors (Lipinski definition) is 1. The fourth-order valence-electron chi connectivity index (χ4n) is 1.27. The van der Waals surface area contributed by atoms with Gasteiger partial charge in [-0.05, 0) is 49.3 Å². The first-order chi connectivity index (χ1) is 6.00. The van der Waals surface area contributed by atoms with Crippen LogP contribution in [0.4, 0.5) is 5.69 Å². The van der Waals surface area contributed by atoms with Gasteiger partial charge in [0, 0.05) is 12.7 Å². The number of anilines is 1. The Bertz CT molecular complexity index is 313. The van der Waals surface area contributed by atoms with Gasteiger partial charge < -0.3 is 10.6 Å². The molecule has 0 atom stereocenters. The highest BCUT2D eigenvalue weighted by Gasteiger charge is 2.03. The summed E-state index contributed by atoms with van der Waals surface area (Å²) >= 11 is 4.89. The van der Waals surface area contributed by atoms with Crippen LogP contribution in [0.25, 0.3) is 0 Å². The molecule has 3 heteroatoms. The Morgan fingerprint density at radius 3 is 2.08 bits per heavy atom. The van der Waals surface area contributed by atoms with Crippen molar-refractivity contribution in [2.24, 2.45) is 5.73 Å². The summed E-state index contributed by atoms with van der Waals surface area (Å²) in [7, 11) is 1.87. The van der Waals surface area contributed by atoms with E-state index in [1.165, 1.54) is 11.1 Å². The van der Waals surface area contributed by atoms with E-state index in [9.17, 15) is 0 Å². The molecular formula is C10H14N2S. The van der Waals surface area contributed by atoms with Gasteiger partial charge in [0.2, 0.25) is 0 Å². The molecular weight excluding hydrogens is 180 g/mol. The van der Waals surface area contributed by atoms with Crippen molar-refractivity contribution in [1.82, 2.24) is 0 Å². The molecule has 0 unspecified atom stereocenters. The molecule has 0 saturated carbocycles. The maximum Gasteiger partial charge on any atom is 0.170 e. The second kappa shape index (κ2) is 3.75. The molecule has 0 aromatic heterocycles. The standard InChI is InChI=1S/C10H14N2S/c1-7-4-8(2)6-9(5-7)12(3)10(11)13/h4-6H,1-3H3,(H2,11,13). The van der Waals surface area contributed by atoms with Crippen LogP contribution in [-0.4, -0.2) is 12.2 Å². The third-order valence-corrected chi connectivity index (χ3v) is 2.20. The van der Waals surface area contributed by atoms with Gasteiger partial charge in [0.05, 0.1) is 0 Å². The highest BCUT2D eigenvalue weighted by Crippen LogP contribution is 2.16. The Kier molecular flexibility index (Phi) is 2.88. The van der Waals surface area contributed by atoms with E-state index in [1.807, 2.05) is 7.05 Å². The first-order valence-electron chi connectivity index (χ1n) is 4.12. The number of aryl methyl sites for hydroxylation is 2. The number of nitrogens with zero attached hydrogens (tertiary/aromatic N) is 1. The van der Waals surface area contributed by atoms with Crippen molar-refractivity contribution in [3.05, 3.63) is 29.3 Å². The zero-order chi connectivity index (χ0) is 10.0. The fraction of sp³-hybridized carbons (Fsp3) is 0.300. The third-order valence-electron chi connectivity index (χ3n) is 1.92.